The summed E-state index contributed by atoms with van der Waals surface area (Å²) in [5, 5.41) is 8.56. The van der Waals surface area contributed by atoms with Crippen LogP contribution in [0.1, 0.15) is 26.7 Å². The van der Waals surface area contributed by atoms with Gasteiger partial charge >= 0.3 is 0 Å². The van der Waals surface area contributed by atoms with E-state index in [4.69, 9.17) is 10.00 Å². The summed E-state index contributed by atoms with van der Waals surface area (Å²) in [5.74, 6) is 0.677. The molecule has 3 heteroatoms. The quantitative estimate of drug-likeness (QED) is 0.670. The van der Waals surface area contributed by atoms with Gasteiger partial charge in [-0.1, -0.05) is 0 Å². The molecule has 0 N–H and O–H groups in total. The van der Waals surface area contributed by atoms with E-state index >= 15 is 0 Å². The van der Waals surface area contributed by atoms with E-state index in [0.29, 0.717) is 18.4 Å². The van der Waals surface area contributed by atoms with E-state index in [1.165, 1.54) is 6.42 Å². The van der Waals surface area contributed by atoms with Crippen molar-refractivity contribution in [2.24, 2.45) is 5.92 Å². The van der Waals surface area contributed by atoms with Crippen LogP contribution in [0.4, 0.5) is 0 Å². The number of ether oxygens (including phenoxy) is 1. The fourth-order valence-electron chi connectivity index (χ4n) is 1.81. The lowest BCUT2D eigenvalue weighted by Gasteiger charge is -2.27. The maximum Gasteiger partial charge on any atom is 0.0635 e. The van der Waals surface area contributed by atoms with Crippen molar-refractivity contribution in [3.63, 3.8) is 0 Å². The molecule has 0 aromatic heterocycles. The molecule has 0 spiro atoms. The average Bonchev–Trinajstić information content (AvgIpc) is 2.64. The first kappa shape index (κ1) is 11.5. The zero-order valence-electron chi connectivity index (χ0n) is 9.20. The molecule has 0 aliphatic carbocycles. The van der Waals surface area contributed by atoms with E-state index in [9.17, 15) is 0 Å². The molecule has 80 valence electrons. The first-order valence-electron chi connectivity index (χ1n) is 5.42. The molecule has 14 heavy (non-hydrogen) atoms. The van der Waals surface area contributed by atoms with Gasteiger partial charge in [0, 0.05) is 32.2 Å². The van der Waals surface area contributed by atoms with Crippen molar-refractivity contribution < 1.29 is 4.74 Å². The van der Waals surface area contributed by atoms with Gasteiger partial charge in [-0.05, 0) is 26.2 Å². The van der Waals surface area contributed by atoms with Crippen LogP contribution in [0.5, 0.6) is 0 Å². The number of nitriles is 1. The maximum atomic E-state index is 8.56. The van der Waals surface area contributed by atoms with E-state index in [0.717, 1.165) is 26.3 Å². The largest absolute Gasteiger partial charge is 0.381 e. The van der Waals surface area contributed by atoms with Crippen molar-refractivity contribution in [2.75, 3.05) is 26.3 Å². The van der Waals surface area contributed by atoms with Crippen molar-refractivity contribution in [1.82, 2.24) is 4.90 Å². The summed E-state index contributed by atoms with van der Waals surface area (Å²) < 4.78 is 5.35. The number of hydrogen-bond acceptors (Lipinski definition) is 3. The molecule has 0 aromatic carbocycles. The van der Waals surface area contributed by atoms with Crippen molar-refractivity contribution >= 4 is 0 Å². The Hall–Kier alpha value is -0.590. The lowest BCUT2D eigenvalue weighted by Crippen LogP contribution is -2.36. The topological polar surface area (TPSA) is 36.3 Å². The summed E-state index contributed by atoms with van der Waals surface area (Å²) in [6.45, 7) is 8.16. The minimum Gasteiger partial charge on any atom is -0.381 e. The Morgan fingerprint density at radius 3 is 2.86 bits per heavy atom. The van der Waals surface area contributed by atoms with Crippen LogP contribution in [0.3, 0.4) is 0 Å². The predicted octanol–water partition coefficient (Wildman–Crippen LogP) is 1.65. The van der Waals surface area contributed by atoms with Gasteiger partial charge in [0.25, 0.3) is 0 Å². The zero-order valence-corrected chi connectivity index (χ0v) is 9.20. The summed E-state index contributed by atoms with van der Waals surface area (Å²) in [5.41, 5.74) is 0. The second kappa shape index (κ2) is 6.00. The van der Waals surface area contributed by atoms with Gasteiger partial charge in [-0.15, -0.1) is 0 Å². The highest BCUT2D eigenvalue weighted by Crippen LogP contribution is 2.15. The molecule has 1 aliphatic rings. The molecule has 1 aliphatic heterocycles. The van der Waals surface area contributed by atoms with Crippen LogP contribution < -0.4 is 0 Å². The Bertz CT molecular complexity index is 192. The summed E-state index contributed by atoms with van der Waals surface area (Å²) in [7, 11) is 0. The van der Waals surface area contributed by atoms with Gasteiger partial charge < -0.3 is 4.74 Å². The van der Waals surface area contributed by atoms with Crippen molar-refractivity contribution in [3.05, 3.63) is 0 Å². The van der Waals surface area contributed by atoms with Gasteiger partial charge in [-0.2, -0.15) is 5.26 Å². The fourth-order valence-corrected chi connectivity index (χ4v) is 1.81. The third-order valence-corrected chi connectivity index (χ3v) is 2.76. The molecule has 0 radical (unpaired) electrons. The van der Waals surface area contributed by atoms with Gasteiger partial charge in [0.2, 0.25) is 0 Å². The van der Waals surface area contributed by atoms with E-state index in [1.54, 1.807) is 0 Å². The molecule has 0 bridgehead atoms. The number of nitrogens with zero attached hydrogens (tertiary/aromatic N) is 2. The van der Waals surface area contributed by atoms with Gasteiger partial charge in [0.15, 0.2) is 0 Å². The van der Waals surface area contributed by atoms with Crippen LogP contribution in [0.2, 0.25) is 0 Å². The minimum absolute atomic E-state index is 0.531. The Kier molecular flexibility index (Phi) is 4.92. The molecule has 0 saturated carbocycles. The van der Waals surface area contributed by atoms with Gasteiger partial charge in [0.1, 0.15) is 0 Å². The summed E-state index contributed by atoms with van der Waals surface area (Å²) in [6.07, 6.45) is 1.81. The lowest BCUT2D eigenvalue weighted by molar-refractivity contribution is 0.154. The van der Waals surface area contributed by atoms with Crippen molar-refractivity contribution in [2.45, 2.75) is 32.7 Å². The van der Waals surface area contributed by atoms with E-state index in [2.05, 4.69) is 24.8 Å². The molecule has 1 fully saturated rings. The Morgan fingerprint density at radius 1 is 1.57 bits per heavy atom. The van der Waals surface area contributed by atoms with E-state index < -0.39 is 0 Å². The van der Waals surface area contributed by atoms with Gasteiger partial charge in [0.05, 0.1) is 12.7 Å². The van der Waals surface area contributed by atoms with Crippen molar-refractivity contribution in [3.8, 4) is 6.07 Å². The second-order valence-electron chi connectivity index (χ2n) is 4.23. The third kappa shape index (κ3) is 3.65. The molecule has 0 aromatic rings. The predicted molar refractivity (Wildman–Crippen MR) is 55.9 cm³/mol. The highest BCUT2D eigenvalue weighted by atomic mass is 16.5. The zero-order chi connectivity index (χ0) is 10.4. The first-order valence-corrected chi connectivity index (χ1v) is 5.42. The molecular formula is C11H20N2O. The molecular weight excluding hydrogens is 176 g/mol. The molecule has 1 unspecified atom stereocenters. The smallest absolute Gasteiger partial charge is 0.0635 e. The Morgan fingerprint density at radius 2 is 2.36 bits per heavy atom. The van der Waals surface area contributed by atoms with E-state index in [-0.39, 0.29) is 0 Å². The highest BCUT2D eigenvalue weighted by molar-refractivity contribution is 4.77. The molecule has 1 saturated heterocycles. The Labute approximate surface area is 86.6 Å². The van der Waals surface area contributed by atoms with Crippen LogP contribution in [-0.2, 0) is 4.74 Å². The minimum atomic E-state index is 0.531. The first-order chi connectivity index (χ1) is 6.74. The third-order valence-electron chi connectivity index (χ3n) is 2.76. The van der Waals surface area contributed by atoms with Crippen molar-refractivity contribution in [1.29, 1.82) is 5.26 Å². The average molecular weight is 196 g/mol. The lowest BCUT2D eigenvalue weighted by atomic mass is 10.1. The van der Waals surface area contributed by atoms with Crippen LogP contribution in [0.15, 0.2) is 0 Å². The van der Waals surface area contributed by atoms with Gasteiger partial charge in [-0.3, -0.25) is 4.90 Å². The normalized spacial score (nSPS) is 21.8. The Balaban J connectivity index is 2.30. The molecule has 1 atom stereocenters. The summed E-state index contributed by atoms with van der Waals surface area (Å²) >= 11 is 0. The highest BCUT2D eigenvalue weighted by Gasteiger charge is 2.20. The molecule has 1 rings (SSSR count). The van der Waals surface area contributed by atoms with Crippen LogP contribution in [0, 0.1) is 17.2 Å². The van der Waals surface area contributed by atoms with Crippen LogP contribution in [-0.4, -0.2) is 37.2 Å². The van der Waals surface area contributed by atoms with Crippen LogP contribution >= 0.6 is 0 Å². The summed E-state index contributed by atoms with van der Waals surface area (Å²) in [6, 6.07) is 2.74. The van der Waals surface area contributed by atoms with E-state index in [1.807, 2.05) is 0 Å². The summed E-state index contributed by atoms with van der Waals surface area (Å²) in [4.78, 5) is 2.38. The standard InChI is InChI=1S/C11H20N2O/c1-10(2)13(6-3-5-12)8-11-4-7-14-9-11/h10-11H,3-4,6-9H2,1-2H3. The second-order valence-corrected chi connectivity index (χ2v) is 4.23. The maximum absolute atomic E-state index is 8.56. The SMILES string of the molecule is CC(C)N(CCC#N)CC1CCOC1. The van der Waals surface area contributed by atoms with Gasteiger partial charge in [-0.25, -0.2) is 0 Å². The van der Waals surface area contributed by atoms with Crippen LogP contribution in [0.25, 0.3) is 0 Å². The number of rotatable bonds is 5. The monoisotopic (exact) mass is 196 g/mol. The molecule has 3 nitrogen and oxygen atoms in total. The fraction of sp³-hybridized carbons (Fsp3) is 0.909. The molecule has 0 amide bonds. The molecule has 1 heterocycles. The number of hydrogen-bond donors (Lipinski definition) is 0.